The van der Waals surface area contributed by atoms with Gasteiger partial charge in [0, 0.05) is 12.8 Å². The van der Waals surface area contributed by atoms with E-state index in [4.69, 9.17) is 0 Å². The van der Waals surface area contributed by atoms with E-state index < -0.39 is 17.9 Å². The molecule has 1 aliphatic rings. The Kier molecular flexibility index (Phi) is 5.12. The molecule has 1 fully saturated rings. The van der Waals surface area contributed by atoms with Crippen molar-refractivity contribution >= 4 is 17.7 Å². The molecule has 0 aromatic rings. The second kappa shape index (κ2) is 6.37. The smallest absolute Gasteiger partial charge is 0.336 e. The van der Waals surface area contributed by atoms with E-state index in [1.165, 1.54) is 14.0 Å². The lowest BCUT2D eigenvalue weighted by atomic mass is 9.84. The SMILES string of the molecule is COC(=O)C(NC(C)=O)C(=O)C1CCCCC1. The minimum atomic E-state index is -1.14. The average Bonchev–Trinajstić information content (AvgIpc) is 2.35. The van der Waals surface area contributed by atoms with Crippen LogP contribution in [0.5, 0.6) is 0 Å². The van der Waals surface area contributed by atoms with Crippen LogP contribution in [0.15, 0.2) is 0 Å². The van der Waals surface area contributed by atoms with Crippen molar-refractivity contribution in [2.24, 2.45) is 5.92 Å². The van der Waals surface area contributed by atoms with Crippen LogP contribution in [0.25, 0.3) is 0 Å². The largest absolute Gasteiger partial charge is 0.467 e. The standard InChI is InChI=1S/C12H19NO4/c1-8(14)13-10(12(16)17-2)11(15)9-6-4-3-5-7-9/h9-10H,3-7H2,1-2H3,(H,13,14). The second-order valence-corrected chi connectivity index (χ2v) is 4.39. The normalized spacial score (nSPS) is 18.2. The van der Waals surface area contributed by atoms with Crippen molar-refractivity contribution in [1.82, 2.24) is 5.32 Å². The van der Waals surface area contributed by atoms with Crippen molar-refractivity contribution in [3.8, 4) is 0 Å². The first kappa shape index (κ1) is 13.7. The number of hydrogen-bond acceptors (Lipinski definition) is 4. The highest BCUT2D eigenvalue weighted by Gasteiger charge is 2.34. The first-order chi connectivity index (χ1) is 8.06. The van der Waals surface area contributed by atoms with Gasteiger partial charge in [-0.15, -0.1) is 0 Å². The Labute approximate surface area is 101 Å². The molecule has 96 valence electrons. The van der Waals surface area contributed by atoms with Crippen molar-refractivity contribution in [3.05, 3.63) is 0 Å². The number of esters is 1. The van der Waals surface area contributed by atoms with Gasteiger partial charge in [-0.25, -0.2) is 4.79 Å². The van der Waals surface area contributed by atoms with Crippen LogP contribution in [-0.2, 0) is 19.1 Å². The highest BCUT2D eigenvalue weighted by molar-refractivity contribution is 6.06. The fourth-order valence-corrected chi connectivity index (χ4v) is 2.19. The maximum Gasteiger partial charge on any atom is 0.336 e. The van der Waals surface area contributed by atoms with Crippen molar-refractivity contribution in [3.63, 3.8) is 0 Å². The van der Waals surface area contributed by atoms with E-state index in [0.29, 0.717) is 0 Å². The van der Waals surface area contributed by atoms with Gasteiger partial charge in [0.2, 0.25) is 5.91 Å². The van der Waals surface area contributed by atoms with Gasteiger partial charge < -0.3 is 10.1 Å². The van der Waals surface area contributed by atoms with Gasteiger partial charge in [0.05, 0.1) is 7.11 Å². The van der Waals surface area contributed by atoms with Crippen LogP contribution in [0, 0.1) is 5.92 Å². The molecule has 1 N–H and O–H groups in total. The number of amides is 1. The molecule has 0 aromatic heterocycles. The summed E-state index contributed by atoms with van der Waals surface area (Å²) in [5, 5.41) is 2.36. The quantitative estimate of drug-likeness (QED) is 0.584. The maximum atomic E-state index is 12.1. The lowest BCUT2D eigenvalue weighted by Gasteiger charge is -2.24. The summed E-state index contributed by atoms with van der Waals surface area (Å²) in [6.45, 7) is 1.28. The van der Waals surface area contributed by atoms with Crippen LogP contribution in [0.4, 0.5) is 0 Å². The molecule has 0 heterocycles. The van der Waals surface area contributed by atoms with E-state index in [1.54, 1.807) is 0 Å². The van der Waals surface area contributed by atoms with Crippen LogP contribution in [0.1, 0.15) is 39.0 Å². The Morgan fingerprint density at radius 3 is 2.24 bits per heavy atom. The van der Waals surface area contributed by atoms with Gasteiger partial charge in [-0.3, -0.25) is 9.59 Å². The number of methoxy groups -OCH3 is 1. The first-order valence-corrected chi connectivity index (χ1v) is 5.95. The van der Waals surface area contributed by atoms with Crippen molar-refractivity contribution in [2.45, 2.75) is 45.1 Å². The predicted octanol–water partition coefficient (Wildman–Crippen LogP) is 0.813. The summed E-state index contributed by atoms with van der Waals surface area (Å²) < 4.78 is 4.55. The summed E-state index contributed by atoms with van der Waals surface area (Å²) in [6, 6.07) is -1.14. The molecule has 17 heavy (non-hydrogen) atoms. The average molecular weight is 241 g/mol. The molecule has 1 unspecified atom stereocenters. The highest BCUT2D eigenvalue weighted by atomic mass is 16.5. The number of hydrogen-bond donors (Lipinski definition) is 1. The van der Waals surface area contributed by atoms with Gasteiger partial charge in [0.15, 0.2) is 11.8 Å². The molecule has 1 rings (SSSR count). The lowest BCUT2D eigenvalue weighted by molar-refractivity contribution is -0.149. The third-order valence-corrected chi connectivity index (χ3v) is 3.08. The Morgan fingerprint density at radius 1 is 1.18 bits per heavy atom. The van der Waals surface area contributed by atoms with Crippen LogP contribution in [0.2, 0.25) is 0 Å². The molecule has 1 aliphatic carbocycles. The number of nitrogens with one attached hydrogen (secondary N) is 1. The number of Topliss-reactive ketones (excluding diaryl/α,β-unsaturated/α-hetero) is 1. The van der Waals surface area contributed by atoms with Crippen LogP contribution in [0.3, 0.4) is 0 Å². The Balaban J connectivity index is 2.70. The summed E-state index contributed by atoms with van der Waals surface area (Å²) >= 11 is 0. The molecular weight excluding hydrogens is 222 g/mol. The summed E-state index contributed by atoms with van der Waals surface area (Å²) in [5.41, 5.74) is 0. The van der Waals surface area contributed by atoms with Gasteiger partial charge in [-0.05, 0) is 12.8 Å². The molecule has 0 saturated heterocycles. The molecular formula is C12H19NO4. The molecule has 5 heteroatoms. The predicted molar refractivity (Wildman–Crippen MR) is 61.2 cm³/mol. The summed E-state index contributed by atoms with van der Waals surface area (Å²) in [6.07, 6.45) is 4.74. The summed E-state index contributed by atoms with van der Waals surface area (Å²) in [5.74, 6) is -1.42. The van der Waals surface area contributed by atoms with Crippen LogP contribution >= 0.6 is 0 Å². The zero-order chi connectivity index (χ0) is 12.8. The number of carbonyl (C=O) groups excluding carboxylic acids is 3. The summed E-state index contributed by atoms with van der Waals surface area (Å²) in [4.78, 5) is 34.6. The number of rotatable bonds is 4. The minimum absolute atomic E-state index is 0.125. The third kappa shape index (κ3) is 3.84. The molecule has 0 spiro atoms. The molecule has 1 atom stereocenters. The zero-order valence-electron chi connectivity index (χ0n) is 10.3. The van der Waals surface area contributed by atoms with E-state index in [-0.39, 0.29) is 11.7 Å². The van der Waals surface area contributed by atoms with Gasteiger partial charge in [0.25, 0.3) is 0 Å². The Hall–Kier alpha value is -1.39. The Morgan fingerprint density at radius 2 is 1.76 bits per heavy atom. The first-order valence-electron chi connectivity index (χ1n) is 5.95. The van der Waals surface area contributed by atoms with E-state index in [2.05, 4.69) is 10.1 Å². The fraction of sp³-hybridized carbons (Fsp3) is 0.750. The number of carbonyl (C=O) groups is 3. The molecule has 0 radical (unpaired) electrons. The van der Waals surface area contributed by atoms with Gasteiger partial charge in [0.1, 0.15) is 0 Å². The van der Waals surface area contributed by atoms with Gasteiger partial charge in [-0.2, -0.15) is 0 Å². The maximum absolute atomic E-state index is 12.1. The van der Waals surface area contributed by atoms with Gasteiger partial charge in [-0.1, -0.05) is 19.3 Å². The molecule has 1 amide bonds. The van der Waals surface area contributed by atoms with Crippen molar-refractivity contribution < 1.29 is 19.1 Å². The van der Waals surface area contributed by atoms with Crippen LogP contribution < -0.4 is 5.32 Å². The van der Waals surface area contributed by atoms with E-state index >= 15 is 0 Å². The topological polar surface area (TPSA) is 72.5 Å². The van der Waals surface area contributed by atoms with E-state index in [1.807, 2.05) is 0 Å². The van der Waals surface area contributed by atoms with E-state index in [9.17, 15) is 14.4 Å². The number of ether oxygens (including phenoxy) is 1. The van der Waals surface area contributed by atoms with Crippen LogP contribution in [-0.4, -0.2) is 30.8 Å². The second-order valence-electron chi connectivity index (χ2n) is 4.39. The molecule has 0 aliphatic heterocycles. The highest BCUT2D eigenvalue weighted by Crippen LogP contribution is 2.25. The molecule has 5 nitrogen and oxygen atoms in total. The van der Waals surface area contributed by atoms with Gasteiger partial charge >= 0.3 is 5.97 Å². The molecule has 1 saturated carbocycles. The minimum Gasteiger partial charge on any atom is -0.467 e. The zero-order valence-corrected chi connectivity index (χ0v) is 10.3. The van der Waals surface area contributed by atoms with E-state index in [0.717, 1.165) is 32.1 Å². The van der Waals surface area contributed by atoms with Crippen molar-refractivity contribution in [2.75, 3.05) is 7.11 Å². The summed E-state index contributed by atoms with van der Waals surface area (Å²) in [7, 11) is 1.21. The monoisotopic (exact) mass is 241 g/mol. The lowest BCUT2D eigenvalue weighted by Crippen LogP contribution is -2.49. The molecule has 0 bridgehead atoms. The molecule has 0 aromatic carbocycles. The third-order valence-electron chi connectivity index (χ3n) is 3.08. The van der Waals surface area contributed by atoms with Crippen molar-refractivity contribution in [1.29, 1.82) is 0 Å². The number of ketones is 1. The Bertz CT molecular complexity index is 308. The fourth-order valence-electron chi connectivity index (χ4n) is 2.19.